The van der Waals surface area contributed by atoms with E-state index in [0.29, 0.717) is 11.6 Å². The Hall–Kier alpha value is -1.78. The number of nitrogens with two attached hydrogens (primary N) is 1. The van der Waals surface area contributed by atoms with Gasteiger partial charge in [0.25, 0.3) is 0 Å². The fraction of sp³-hybridized carbons (Fsp3) is 0.429. The van der Waals surface area contributed by atoms with Crippen molar-refractivity contribution < 1.29 is 8.78 Å². The van der Waals surface area contributed by atoms with Crippen molar-refractivity contribution in [1.29, 1.82) is 0 Å². The normalized spacial score (nSPS) is 11.6. The van der Waals surface area contributed by atoms with Gasteiger partial charge in [-0.15, -0.1) is 0 Å². The zero-order valence-corrected chi connectivity index (χ0v) is 15.5. The zero-order valence-electron chi connectivity index (χ0n) is 15.5. The van der Waals surface area contributed by atoms with Crippen LogP contribution in [0.25, 0.3) is 0 Å². The molecule has 2 nitrogen and oxygen atoms in total. The number of benzene rings is 2. The molecule has 0 spiro atoms. The van der Waals surface area contributed by atoms with E-state index in [2.05, 4.69) is 43.4 Å². The van der Waals surface area contributed by atoms with Gasteiger partial charge in [0.1, 0.15) is 11.6 Å². The van der Waals surface area contributed by atoms with Crippen LogP contribution in [-0.4, -0.2) is 13.1 Å². The molecule has 4 heteroatoms. The summed E-state index contributed by atoms with van der Waals surface area (Å²) >= 11 is 0. The Morgan fingerprint density at radius 2 is 1.72 bits per heavy atom. The van der Waals surface area contributed by atoms with E-state index in [0.717, 1.165) is 38.4 Å². The molecule has 0 radical (unpaired) electrons. The number of nitrogens with one attached hydrogen (secondary N) is 1. The van der Waals surface area contributed by atoms with Gasteiger partial charge in [0.05, 0.1) is 0 Å². The summed E-state index contributed by atoms with van der Waals surface area (Å²) in [6, 6.07) is 12.8. The van der Waals surface area contributed by atoms with Gasteiger partial charge in [0, 0.05) is 12.1 Å². The molecule has 0 aromatic heterocycles. The molecular weight excluding hydrogens is 318 g/mol. The van der Waals surface area contributed by atoms with E-state index in [9.17, 15) is 8.78 Å². The van der Waals surface area contributed by atoms with E-state index in [-0.39, 0.29) is 0 Å². The largest absolute Gasteiger partial charge is 0.330 e. The summed E-state index contributed by atoms with van der Waals surface area (Å²) in [5.41, 5.74) is 8.92. The molecule has 0 saturated carbocycles. The Morgan fingerprint density at radius 3 is 2.24 bits per heavy atom. The molecule has 2 rings (SSSR count). The van der Waals surface area contributed by atoms with Crippen LogP contribution in [0, 0.1) is 18.6 Å². The van der Waals surface area contributed by atoms with Crippen LogP contribution in [0.1, 0.15) is 49.4 Å². The van der Waals surface area contributed by atoms with Gasteiger partial charge in [0.2, 0.25) is 0 Å². The molecule has 3 N–H and O–H groups in total. The Balaban J connectivity index is 0.000000293. The van der Waals surface area contributed by atoms with Crippen molar-refractivity contribution in [2.24, 2.45) is 5.73 Å². The smallest absolute Gasteiger partial charge is 0.126 e. The van der Waals surface area contributed by atoms with Gasteiger partial charge in [0.15, 0.2) is 0 Å². The topological polar surface area (TPSA) is 38.0 Å². The first-order valence-electron chi connectivity index (χ1n) is 8.95. The second kappa shape index (κ2) is 11.7. The molecule has 0 fully saturated rings. The van der Waals surface area contributed by atoms with Gasteiger partial charge in [-0.05, 0) is 68.1 Å². The third-order valence-corrected chi connectivity index (χ3v) is 3.95. The Bertz CT molecular complexity index is 579. The molecule has 138 valence electrons. The van der Waals surface area contributed by atoms with Crippen molar-refractivity contribution in [3.8, 4) is 0 Å². The fourth-order valence-electron chi connectivity index (χ4n) is 2.60. The van der Waals surface area contributed by atoms with Crippen LogP contribution in [0.5, 0.6) is 0 Å². The fourth-order valence-corrected chi connectivity index (χ4v) is 2.60. The first kappa shape index (κ1) is 21.3. The third kappa shape index (κ3) is 8.23. The molecule has 1 unspecified atom stereocenters. The molecule has 25 heavy (non-hydrogen) atoms. The molecule has 0 aliphatic heterocycles. The van der Waals surface area contributed by atoms with Crippen molar-refractivity contribution in [2.45, 2.75) is 46.1 Å². The molecular formula is C21H30F2N2. The summed E-state index contributed by atoms with van der Waals surface area (Å²) in [7, 11) is 0. The summed E-state index contributed by atoms with van der Waals surface area (Å²) < 4.78 is 24.4. The van der Waals surface area contributed by atoms with E-state index in [4.69, 9.17) is 5.73 Å². The van der Waals surface area contributed by atoms with E-state index in [1.165, 1.54) is 23.3 Å². The highest BCUT2D eigenvalue weighted by atomic mass is 19.1. The maximum atomic E-state index is 12.2. The van der Waals surface area contributed by atoms with Crippen molar-refractivity contribution in [1.82, 2.24) is 5.32 Å². The van der Waals surface area contributed by atoms with Crippen molar-refractivity contribution in [3.05, 3.63) is 70.8 Å². The molecule has 0 aliphatic rings. The molecule has 2 aromatic rings. The van der Waals surface area contributed by atoms with Gasteiger partial charge in [-0.3, -0.25) is 0 Å². The first-order valence-corrected chi connectivity index (χ1v) is 8.95. The zero-order chi connectivity index (χ0) is 18.7. The van der Waals surface area contributed by atoms with Crippen LogP contribution in [-0.2, 0) is 6.42 Å². The van der Waals surface area contributed by atoms with Crippen LogP contribution in [0.3, 0.4) is 0 Å². The highest BCUT2D eigenvalue weighted by Crippen LogP contribution is 2.18. The van der Waals surface area contributed by atoms with Gasteiger partial charge in [-0.2, -0.15) is 0 Å². The maximum Gasteiger partial charge on any atom is 0.126 e. The molecule has 0 bridgehead atoms. The Labute approximate surface area is 150 Å². The molecule has 0 amide bonds. The van der Waals surface area contributed by atoms with E-state index >= 15 is 0 Å². The van der Waals surface area contributed by atoms with Gasteiger partial charge in [-0.1, -0.05) is 38.1 Å². The monoisotopic (exact) mass is 348 g/mol. The van der Waals surface area contributed by atoms with Crippen LogP contribution in [0.2, 0.25) is 0 Å². The number of halogens is 2. The summed E-state index contributed by atoms with van der Waals surface area (Å²) in [6.07, 6.45) is 3.27. The van der Waals surface area contributed by atoms with E-state index in [1.807, 2.05) is 0 Å². The Kier molecular flexibility index (Phi) is 9.97. The number of hydrogen-bond acceptors (Lipinski definition) is 2. The summed E-state index contributed by atoms with van der Waals surface area (Å²) in [5, 5.41) is 3.56. The molecule has 2 aromatic carbocycles. The lowest BCUT2D eigenvalue weighted by atomic mass is 10.0. The van der Waals surface area contributed by atoms with Crippen LogP contribution in [0.4, 0.5) is 8.78 Å². The molecule has 1 atom stereocenters. The summed E-state index contributed by atoms with van der Waals surface area (Å²) in [5.74, 6) is -1.04. The lowest BCUT2D eigenvalue weighted by Crippen LogP contribution is -2.23. The SMILES string of the molecule is CCc1cccc(C(CC)NCCCN)c1.Cc1cc(F)cc(F)c1. The van der Waals surface area contributed by atoms with Crippen molar-refractivity contribution in [3.63, 3.8) is 0 Å². The lowest BCUT2D eigenvalue weighted by molar-refractivity contribution is 0.512. The predicted octanol–water partition coefficient (Wildman–Crippen LogP) is 4.91. The van der Waals surface area contributed by atoms with Gasteiger partial charge >= 0.3 is 0 Å². The Morgan fingerprint density at radius 1 is 1.04 bits per heavy atom. The lowest BCUT2D eigenvalue weighted by Gasteiger charge is -2.18. The minimum Gasteiger partial charge on any atom is -0.330 e. The predicted molar refractivity (Wildman–Crippen MR) is 102 cm³/mol. The minimum atomic E-state index is -0.521. The van der Waals surface area contributed by atoms with Crippen LogP contribution >= 0.6 is 0 Å². The highest BCUT2D eigenvalue weighted by Gasteiger charge is 2.07. The maximum absolute atomic E-state index is 12.2. The molecule has 0 aliphatic carbocycles. The number of aryl methyl sites for hydroxylation is 2. The minimum absolute atomic E-state index is 0.470. The first-order chi connectivity index (χ1) is 12.0. The second-order valence-corrected chi connectivity index (χ2v) is 6.10. The average molecular weight is 348 g/mol. The number of rotatable bonds is 7. The van der Waals surface area contributed by atoms with E-state index < -0.39 is 11.6 Å². The summed E-state index contributed by atoms with van der Waals surface area (Å²) in [6.45, 7) is 7.83. The molecule has 0 saturated heterocycles. The standard InChI is InChI=1S/C14H24N2.C7H6F2/c1-3-12-7-5-8-13(11-12)14(4-2)16-10-6-9-15;1-5-2-6(8)4-7(9)3-5/h5,7-8,11,14,16H,3-4,6,9-10,15H2,1-2H3;2-4H,1H3. The summed E-state index contributed by atoms with van der Waals surface area (Å²) in [4.78, 5) is 0. The van der Waals surface area contributed by atoms with Crippen molar-refractivity contribution >= 4 is 0 Å². The molecule has 0 heterocycles. The van der Waals surface area contributed by atoms with Gasteiger partial charge in [-0.25, -0.2) is 8.78 Å². The van der Waals surface area contributed by atoms with Crippen LogP contribution < -0.4 is 11.1 Å². The van der Waals surface area contributed by atoms with Gasteiger partial charge < -0.3 is 11.1 Å². The van der Waals surface area contributed by atoms with E-state index in [1.54, 1.807) is 6.92 Å². The quantitative estimate of drug-likeness (QED) is 0.698. The number of hydrogen-bond donors (Lipinski definition) is 2. The van der Waals surface area contributed by atoms with Crippen LogP contribution in [0.15, 0.2) is 42.5 Å². The highest BCUT2D eigenvalue weighted by molar-refractivity contribution is 5.26. The second-order valence-electron chi connectivity index (χ2n) is 6.10. The third-order valence-electron chi connectivity index (χ3n) is 3.95. The van der Waals surface area contributed by atoms with Crippen molar-refractivity contribution in [2.75, 3.05) is 13.1 Å². The average Bonchev–Trinajstić information content (AvgIpc) is 2.58.